The predicted molar refractivity (Wildman–Crippen MR) is 85.1 cm³/mol. The van der Waals surface area contributed by atoms with E-state index in [1.54, 1.807) is 7.11 Å². The molecule has 22 heavy (non-hydrogen) atoms. The van der Waals surface area contributed by atoms with Gasteiger partial charge in [0.1, 0.15) is 5.75 Å². The summed E-state index contributed by atoms with van der Waals surface area (Å²) in [5.74, 6) is 0.485. The van der Waals surface area contributed by atoms with Crippen LogP contribution >= 0.6 is 0 Å². The lowest BCUT2D eigenvalue weighted by Crippen LogP contribution is -2.47. The number of aryl methyl sites for hydroxylation is 1. The highest BCUT2D eigenvalue weighted by molar-refractivity contribution is 5.80. The van der Waals surface area contributed by atoms with Crippen LogP contribution in [0.1, 0.15) is 44.1 Å². The van der Waals surface area contributed by atoms with E-state index in [0.717, 1.165) is 57.3 Å². The number of methoxy groups -OCH3 is 2. The Hall–Kier alpha value is -1.55. The average Bonchev–Trinajstić information content (AvgIpc) is 2.57. The molecular formula is C18H26O4. The van der Waals surface area contributed by atoms with Crippen LogP contribution in [0.25, 0.3) is 0 Å². The molecular weight excluding hydrogens is 280 g/mol. The predicted octanol–water partition coefficient (Wildman–Crippen LogP) is 3.52. The zero-order chi connectivity index (χ0) is 15.8. The Balaban J connectivity index is 2.02. The summed E-state index contributed by atoms with van der Waals surface area (Å²) in [4.78, 5) is 12.2. The molecule has 4 heteroatoms. The summed E-state index contributed by atoms with van der Waals surface area (Å²) in [7, 11) is 3.15. The van der Waals surface area contributed by atoms with Crippen LogP contribution in [0.4, 0.5) is 0 Å². The molecule has 0 bridgehead atoms. The first kappa shape index (κ1) is 16.8. The lowest BCUT2D eigenvalue weighted by Gasteiger charge is -2.34. The van der Waals surface area contributed by atoms with Gasteiger partial charge in [0.2, 0.25) is 5.60 Å². The molecule has 4 nitrogen and oxygen atoms in total. The molecule has 0 aliphatic heterocycles. The summed E-state index contributed by atoms with van der Waals surface area (Å²) >= 11 is 0. The van der Waals surface area contributed by atoms with Gasteiger partial charge in [-0.05, 0) is 56.2 Å². The topological polar surface area (TPSA) is 44.8 Å². The SMILES string of the molecule is COCCCc1ccc(OC2(C(=O)OC)CCCCC2)cc1. The molecule has 1 aliphatic carbocycles. The molecule has 0 amide bonds. The molecule has 1 aromatic rings. The van der Waals surface area contributed by atoms with Crippen molar-refractivity contribution < 1.29 is 19.0 Å². The van der Waals surface area contributed by atoms with Gasteiger partial charge in [0, 0.05) is 13.7 Å². The Morgan fingerprint density at radius 3 is 2.36 bits per heavy atom. The lowest BCUT2D eigenvalue weighted by atomic mass is 9.84. The van der Waals surface area contributed by atoms with Crippen LogP contribution in [-0.4, -0.2) is 32.4 Å². The largest absolute Gasteiger partial charge is 0.476 e. The van der Waals surface area contributed by atoms with E-state index in [2.05, 4.69) is 12.1 Å². The molecule has 1 aromatic carbocycles. The Labute approximate surface area is 132 Å². The molecule has 0 heterocycles. The van der Waals surface area contributed by atoms with E-state index in [0.29, 0.717) is 0 Å². The van der Waals surface area contributed by atoms with Crippen molar-refractivity contribution in [2.75, 3.05) is 20.8 Å². The maximum atomic E-state index is 12.2. The minimum Gasteiger partial charge on any atom is -0.476 e. The first-order valence-corrected chi connectivity index (χ1v) is 8.05. The van der Waals surface area contributed by atoms with Crippen LogP contribution in [0.2, 0.25) is 0 Å². The van der Waals surface area contributed by atoms with Crippen LogP contribution < -0.4 is 4.74 Å². The summed E-state index contributed by atoms with van der Waals surface area (Å²) < 4.78 is 16.1. The van der Waals surface area contributed by atoms with Crippen molar-refractivity contribution in [2.24, 2.45) is 0 Å². The van der Waals surface area contributed by atoms with Crippen LogP contribution in [-0.2, 0) is 20.7 Å². The Bertz CT molecular complexity index is 460. The number of carbonyl (C=O) groups is 1. The van der Waals surface area contributed by atoms with Crippen molar-refractivity contribution in [1.29, 1.82) is 0 Å². The molecule has 1 aliphatic rings. The molecule has 0 radical (unpaired) electrons. The highest BCUT2D eigenvalue weighted by Crippen LogP contribution is 2.34. The number of ether oxygens (including phenoxy) is 3. The van der Waals surface area contributed by atoms with Gasteiger partial charge in [0.15, 0.2) is 0 Å². The summed E-state index contributed by atoms with van der Waals surface area (Å²) in [6, 6.07) is 8.00. The van der Waals surface area contributed by atoms with Gasteiger partial charge < -0.3 is 14.2 Å². The Morgan fingerprint density at radius 1 is 1.09 bits per heavy atom. The van der Waals surface area contributed by atoms with Gasteiger partial charge in [-0.1, -0.05) is 18.6 Å². The highest BCUT2D eigenvalue weighted by Gasteiger charge is 2.43. The standard InChI is InChI=1S/C18H26O4/c1-20-14-6-7-15-8-10-16(11-9-15)22-18(17(19)21-2)12-4-3-5-13-18/h8-11H,3-7,12-14H2,1-2H3. The molecule has 0 aromatic heterocycles. The van der Waals surface area contributed by atoms with Gasteiger partial charge in [-0.25, -0.2) is 4.79 Å². The third-order valence-electron chi connectivity index (χ3n) is 4.27. The van der Waals surface area contributed by atoms with Crippen LogP contribution in [0, 0.1) is 0 Å². The zero-order valence-electron chi connectivity index (χ0n) is 13.6. The third-order valence-corrected chi connectivity index (χ3v) is 4.27. The minimum atomic E-state index is -0.801. The monoisotopic (exact) mass is 306 g/mol. The number of hydrogen-bond acceptors (Lipinski definition) is 4. The van der Waals surface area contributed by atoms with E-state index >= 15 is 0 Å². The van der Waals surface area contributed by atoms with Crippen molar-refractivity contribution >= 4 is 5.97 Å². The lowest BCUT2D eigenvalue weighted by molar-refractivity contribution is -0.162. The maximum Gasteiger partial charge on any atom is 0.350 e. The first-order valence-electron chi connectivity index (χ1n) is 8.05. The fraction of sp³-hybridized carbons (Fsp3) is 0.611. The smallest absolute Gasteiger partial charge is 0.350 e. The number of hydrogen-bond donors (Lipinski definition) is 0. The molecule has 0 N–H and O–H groups in total. The molecule has 0 atom stereocenters. The van der Waals surface area contributed by atoms with Gasteiger partial charge in [-0.3, -0.25) is 0 Å². The van der Waals surface area contributed by atoms with Gasteiger partial charge in [-0.15, -0.1) is 0 Å². The quantitative estimate of drug-likeness (QED) is 0.571. The summed E-state index contributed by atoms with van der Waals surface area (Å²) in [6.07, 6.45) is 6.61. The van der Waals surface area contributed by atoms with E-state index in [1.165, 1.54) is 12.7 Å². The second-order valence-electron chi connectivity index (χ2n) is 5.89. The van der Waals surface area contributed by atoms with Crippen molar-refractivity contribution in [3.8, 4) is 5.75 Å². The summed E-state index contributed by atoms with van der Waals surface area (Å²) in [5.41, 5.74) is 0.449. The second kappa shape index (κ2) is 8.18. The molecule has 2 rings (SSSR count). The maximum absolute atomic E-state index is 12.2. The first-order chi connectivity index (χ1) is 10.7. The number of benzene rings is 1. The number of esters is 1. The molecule has 122 valence electrons. The molecule has 0 spiro atoms. The van der Waals surface area contributed by atoms with Crippen LogP contribution in [0.15, 0.2) is 24.3 Å². The fourth-order valence-corrected chi connectivity index (χ4v) is 3.03. The van der Waals surface area contributed by atoms with Gasteiger partial charge in [0.25, 0.3) is 0 Å². The van der Waals surface area contributed by atoms with E-state index in [4.69, 9.17) is 14.2 Å². The van der Waals surface area contributed by atoms with Crippen molar-refractivity contribution in [2.45, 2.75) is 50.5 Å². The molecule has 0 saturated heterocycles. The highest BCUT2D eigenvalue weighted by atomic mass is 16.6. The normalized spacial score (nSPS) is 17.0. The minimum absolute atomic E-state index is 0.253. The average molecular weight is 306 g/mol. The Morgan fingerprint density at radius 2 is 1.77 bits per heavy atom. The van der Waals surface area contributed by atoms with Crippen LogP contribution in [0.5, 0.6) is 5.75 Å². The molecule has 1 fully saturated rings. The second-order valence-corrected chi connectivity index (χ2v) is 5.89. The fourth-order valence-electron chi connectivity index (χ4n) is 3.03. The van der Waals surface area contributed by atoms with Gasteiger partial charge in [-0.2, -0.15) is 0 Å². The summed E-state index contributed by atoms with van der Waals surface area (Å²) in [6.45, 7) is 0.768. The zero-order valence-corrected chi connectivity index (χ0v) is 13.6. The third kappa shape index (κ3) is 4.23. The van der Waals surface area contributed by atoms with E-state index < -0.39 is 5.60 Å². The van der Waals surface area contributed by atoms with E-state index in [1.807, 2.05) is 12.1 Å². The number of carbonyl (C=O) groups excluding carboxylic acids is 1. The summed E-state index contributed by atoms with van der Waals surface area (Å²) in [5, 5.41) is 0. The molecule has 1 saturated carbocycles. The Kier molecular flexibility index (Phi) is 6.25. The van der Waals surface area contributed by atoms with Crippen molar-refractivity contribution in [1.82, 2.24) is 0 Å². The van der Waals surface area contributed by atoms with E-state index in [9.17, 15) is 4.79 Å². The number of rotatable bonds is 7. The van der Waals surface area contributed by atoms with Crippen LogP contribution in [0.3, 0.4) is 0 Å². The molecule has 0 unspecified atom stereocenters. The van der Waals surface area contributed by atoms with Crippen molar-refractivity contribution in [3.63, 3.8) is 0 Å². The van der Waals surface area contributed by atoms with Gasteiger partial charge in [0.05, 0.1) is 7.11 Å². The van der Waals surface area contributed by atoms with Crippen molar-refractivity contribution in [3.05, 3.63) is 29.8 Å². The van der Waals surface area contributed by atoms with E-state index in [-0.39, 0.29) is 5.97 Å². The van der Waals surface area contributed by atoms with Gasteiger partial charge >= 0.3 is 5.97 Å².